The van der Waals surface area contributed by atoms with E-state index in [1.807, 2.05) is 0 Å². The van der Waals surface area contributed by atoms with Gasteiger partial charge in [-0.15, -0.1) is 13.2 Å². The number of hydrogen-bond acceptors (Lipinski definition) is 5. The van der Waals surface area contributed by atoms with Crippen molar-refractivity contribution < 1.29 is 22.8 Å². The van der Waals surface area contributed by atoms with Crippen molar-refractivity contribution >= 4 is 21.6 Å². The molecule has 0 bridgehead atoms. The maximum absolute atomic E-state index is 11.9. The van der Waals surface area contributed by atoms with Gasteiger partial charge in [0.15, 0.2) is 0 Å². The van der Waals surface area contributed by atoms with Crippen molar-refractivity contribution in [3.05, 3.63) is 26.3 Å². The second-order valence-corrected chi connectivity index (χ2v) is 3.35. The summed E-state index contributed by atoms with van der Waals surface area (Å²) in [6, 6.07) is 1.34. The van der Waals surface area contributed by atoms with Crippen molar-refractivity contribution in [3.8, 4) is 11.9 Å². The summed E-state index contributed by atoms with van der Waals surface area (Å²) in [5.74, 6) is -1.04. The van der Waals surface area contributed by atoms with Crippen molar-refractivity contribution in [3.63, 3.8) is 0 Å². The third-order valence-corrected chi connectivity index (χ3v) is 2.29. The van der Waals surface area contributed by atoms with Crippen molar-refractivity contribution in [1.29, 1.82) is 5.26 Å². The lowest BCUT2D eigenvalue weighted by atomic mass is 10.3. The van der Waals surface area contributed by atoms with E-state index in [0.29, 0.717) is 6.20 Å². The molecule has 10 heteroatoms. The van der Waals surface area contributed by atoms with E-state index in [4.69, 9.17) is 5.26 Å². The molecule has 6 nitrogen and oxygen atoms in total. The monoisotopic (exact) mass is 311 g/mol. The molecule has 0 aliphatic heterocycles. The second-order valence-electron chi connectivity index (χ2n) is 2.55. The highest BCUT2D eigenvalue weighted by Gasteiger charge is 2.34. The van der Waals surface area contributed by atoms with Crippen LogP contribution in [-0.4, -0.2) is 16.3 Å². The van der Waals surface area contributed by atoms with Crippen LogP contribution in [0.25, 0.3) is 0 Å². The summed E-state index contributed by atoms with van der Waals surface area (Å²) in [6.45, 7) is 0. The van der Waals surface area contributed by atoms with E-state index in [0.717, 1.165) is 0 Å². The topological polar surface area (TPSA) is 89.0 Å². The van der Waals surface area contributed by atoms with E-state index in [9.17, 15) is 23.3 Å². The van der Waals surface area contributed by atoms with E-state index < -0.39 is 32.9 Å². The highest BCUT2D eigenvalue weighted by atomic mass is 79.9. The number of rotatable bonds is 2. The van der Waals surface area contributed by atoms with Gasteiger partial charge in [-0.3, -0.25) is 10.1 Å². The third-order valence-electron chi connectivity index (χ3n) is 1.48. The van der Waals surface area contributed by atoms with Gasteiger partial charge >= 0.3 is 12.0 Å². The van der Waals surface area contributed by atoms with Gasteiger partial charge in [0.25, 0.3) is 0 Å². The largest absolute Gasteiger partial charge is 0.574 e. The molecular formula is C7HBrF3N3O3. The van der Waals surface area contributed by atoms with Crippen molar-refractivity contribution in [1.82, 2.24) is 4.98 Å². The first-order chi connectivity index (χ1) is 7.76. The molecule has 0 aliphatic rings. The zero-order valence-electron chi connectivity index (χ0n) is 7.66. The average molecular weight is 312 g/mol. The molecule has 0 saturated carbocycles. The highest BCUT2D eigenvalue weighted by molar-refractivity contribution is 9.10. The Bertz CT molecular complexity index is 512. The Morgan fingerprint density at radius 1 is 1.59 bits per heavy atom. The van der Waals surface area contributed by atoms with Crippen LogP contribution in [0.15, 0.2) is 10.7 Å². The molecule has 0 aromatic carbocycles. The highest BCUT2D eigenvalue weighted by Crippen LogP contribution is 2.34. The molecule has 17 heavy (non-hydrogen) atoms. The minimum Gasteiger partial charge on any atom is -0.386 e. The Kier molecular flexibility index (Phi) is 3.52. The van der Waals surface area contributed by atoms with Gasteiger partial charge in [-0.05, 0) is 15.9 Å². The van der Waals surface area contributed by atoms with Crippen LogP contribution in [0.1, 0.15) is 5.56 Å². The molecule has 0 spiro atoms. The van der Waals surface area contributed by atoms with Gasteiger partial charge in [0.2, 0.25) is 5.88 Å². The Labute approximate surface area is 99.9 Å². The molecule has 0 unspecified atom stereocenters. The molecule has 1 aromatic rings. The van der Waals surface area contributed by atoms with E-state index in [1.54, 1.807) is 0 Å². The average Bonchev–Trinajstić information content (AvgIpc) is 2.15. The summed E-state index contributed by atoms with van der Waals surface area (Å²) >= 11 is 2.65. The zero-order chi connectivity index (χ0) is 13.2. The summed E-state index contributed by atoms with van der Waals surface area (Å²) in [5, 5.41) is 19.1. The number of nitrogens with zero attached hydrogens (tertiary/aromatic N) is 3. The molecule has 0 amide bonds. The number of nitro groups is 1. The summed E-state index contributed by atoms with van der Waals surface area (Å²) in [5.41, 5.74) is -1.33. The van der Waals surface area contributed by atoms with Crippen LogP contribution >= 0.6 is 15.9 Å². The number of nitriles is 1. The zero-order valence-corrected chi connectivity index (χ0v) is 9.24. The maximum atomic E-state index is 11.9. The maximum Gasteiger partial charge on any atom is 0.574 e. The Morgan fingerprint density at radius 2 is 2.18 bits per heavy atom. The number of aromatic nitrogens is 1. The van der Waals surface area contributed by atoms with Crippen LogP contribution in [0.3, 0.4) is 0 Å². The van der Waals surface area contributed by atoms with Crippen molar-refractivity contribution in [2.75, 3.05) is 0 Å². The lowest BCUT2D eigenvalue weighted by molar-refractivity contribution is -0.386. The van der Waals surface area contributed by atoms with Gasteiger partial charge < -0.3 is 4.74 Å². The van der Waals surface area contributed by atoms with E-state index in [-0.39, 0.29) is 0 Å². The van der Waals surface area contributed by atoms with Gasteiger partial charge in [0, 0.05) is 0 Å². The molecule has 0 radical (unpaired) electrons. The fourth-order valence-electron chi connectivity index (χ4n) is 0.874. The first-order valence-electron chi connectivity index (χ1n) is 3.75. The molecule has 90 valence electrons. The van der Waals surface area contributed by atoms with Gasteiger partial charge in [0.1, 0.15) is 22.3 Å². The number of alkyl halides is 3. The molecule has 0 aliphatic carbocycles. The summed E-state index contributed by atoms with van der Waals surface area (Å²) < 4.78 is 38.8. The summed E-state index contributed by atoms with van der Waals surface area (Å²) in [4.78, 5) is 12.6. The number of ether oxygens (including phenoxy) is 1. The molecule has 0 saturated heterocycles. The molecule has 0 fully saturated rings. The molecule has 0 atom stereocenters. The smallest absolute Gasteiger partial charge is 0.386 e. The first kappa shape index (κ1) is 13.2. The molecule has 1 aromatic heterocycles. The number of halogens is 4. The standard InChI is InChI=1S/C7HBrF3N3O3/c8-5-3(1-12)6(17-7(9,10)11)13-2-4(5)14(15)16/h2H. The van der Waals surface area contributed by atoms with E-state index in [2.05, 4.69) is 25.7 Å². The van der Waals surface area contributed by atoms with E-state index in [1.165, 1.54) is 6.07 Å². The predicted molar refractivity (Wildman–Crippen MR) is 50.0 cm³/mol. The van der Waals surface area contributed by atoms with E-state index >= 15 is 0 Å². The van der Waals surface area contributed by atoms with Crippen LogP contribution in [0.2, 0.25) is 0 Å². The van der Waals surface area contributed by atoms with Gasteiger partial charge in [0.05, 0.1) is 4.92 Å². The van der Waals surface area contributed by atoms with Crippen LogP contribution < -0.4 is 4.74 Å². The number of pyridine rings is 1. The Hall–Kier alpha value is -1.89. The van der Waals surface area contributed by atoms with Crippen LogP contribution in [0, 0.1) is 21.4 Å². The molecular weight excluding hydrogens is 311 g/mol. The lowest BCUT2D eigenvalue weighted by Crippen LogP contribution is -2.19. The minimum absolute atomic E-state index is 0.417. The van der Waals surface area contributed by atoms with Crippen LogP contribution in [0.5, 0.6) is 5.88 Å². The quantitative estimate of drug-likeness (QED) is 0.618. The van der Waals surface area contributed by atoms with Crippen LogP contribution in [-0.2, 0) is 0 Å². The van der Waals surface area contributed by atoms with Crippen molar-refractivity contribution in [2.24, 2.45) is 0 Å². The Balaban J connectivity index is 3.33. The SMILES string of the molecule is N#Cc1c(OC(F)(F)F)ncc([N+](=O)[O-])c1Br. The second kappa shape index (κ2) is 4.54. The van der Waals surface area contributed by atoms with Crippen molar-refractivity contribution in [2.45, 2.75) is 6.36 Å². The summed E-state index contributed by atoms with van der Waals surface area (Å²) in [6.07, 6.45) is -4.47. The Morgan fingerprint density at radius 3 is 2.59 bits per heavy atom. The van der Waals surface area contributed by atoms with Gasteiger partial charge in [-0.1, -0.05) is 0 Å². The number of hydrogen-bond donors (Lipinski definition) is 0. The molecule has 0 N–H and O–H groups in total. The molecule has 1 rings (SSSR count). The summed E-state index contributed by atoms with van der Waals surface area (Å²) in [7, 11) is 0. The fraction of sp³-hybridized carbons (Fsp3) is 0.143. The predicted octanol–water partition coefficient (Wildman–Crippen LogP) is 2.52. The molecule has 1 heterocycles. The normalized spacial score (nSPS) is 10.8. The van der Waals surface area contributed by atoms with Crippen LogP contribution in [0.4, 0.5) is 18.9 Å². The third kappa shape index (κ3) is 3.04. The minimum atomic E-state index is -5.03. The van der Waals surface area contributed by atoms with Gasteiger partial charge in [-0.25, -0.2) is 4.98 Å². The first-order valence-corrected chi connectivity index (χ1v) is 4.54. The van der Waals surface area contributed by atoms with Gasteiger partial charge in [-0.2, -0.15) is 5.26 Å². The lowest BCUT2D eigenvalue weighted by Gasteiger charge is -2.09. The fourth-order valence-corrected chi connectivity index (χ4v) is 1.38.